The molecule has 3 nitrogen and oxygen atoms in total. The Bertz CT molecular complexity index is 906. The van der Waals surface area contributed by atoms with E-state index in [-0.39, 0.29) is 0 Å². The molecule has 2 N–H and O–H groups in total. The molecule has 2 aromatic heterocycles. The molecule has 3 heteroatoms. The van der Waals surface area contributed by atoms with Crippen LogP contribution in [-0.4, -0.2) is 9.97 Å². The zero-order valence-electron chi connectivity index (χ0n) is 15.9. The van der Waals surface area contributed by atoms with Gasteiger partial charge < -0.3 is 10.3 Å². The molecule has 0 unspecified atom stereocenters. The van der Waals surface area contributed by atoms with Crippen molar-refractivity contribution >= 4 is 11.4 Å². The number of aryl methyl sites for hydroxylation is 1. The van der Waals surface area contributed by atoms with Crippen LogP contribution in [0.2, 0.25) is 0 Å². The first-order chi connectivity index (χ1) is 12.6. The van der Waals surface area contributed by atoms with E-state index in [1.807, 2.05) is 12.4 Å². The maximum Gasteiger partial charge on any atom is 0.0699 e. The Labute approximate surface area is 155 Å². The van der Waals surface area contributed by atoms with E-state index >= 15 is 0 Å². The number of aromatic amines is 1. The highest BCUT2D eigenvalue weighted by Crippen LogP contribution is 2.43. The molecule has 2 heterocycles. The normalized spacial score (nSPS) is 15.5. The van der Waals surface area contributed by atoms with Gasteiger partial charge in [0.25, 0.3) is 0 Å². The fraction of sp³-hybridized carbons (Fsp3) is 0.348. The number of hydrogen-bond acceptors (Lipinski definition) is 2. The molecule has 3 aromatic rings. The molecule has 0 spiro atoms. The van der Waals surface area contributed by atoms with Gasteiger partial charge in [-0.05, 0) is 66.5 Å². The van der Waals surface area contributed by atoms with Gasteiger partial charge in [-0.25, -0.2) is 0 Å². The topological polar surface area (TPSA) is 40.7 Å². The first-order valence-electron chi connectivity index (χ1n) is 9.56. The second kappa shape index (κ2) is 6.64. The Balaban J connectivity index is 1.80. The largest absolute Gasteiger partial charge is 0.356 e. The number of rotatable bonds is 4. The summed E-state index contributed by atoms with van der Waals surface area (Å²) in [4.78, 5) is 7.91. The molecular weight excluding hydrogens is 318 g/mol. The monoisotopic (exact) mass is 345 g/mol. The number of benzene rings is 1. The maximum absolute atomic E-state index is 4.18. The molecule has 1 aliphatic rings. The van der Waals surface area contributed by atoms with Crippen LogP contribution in [0.3, 0.4) is 0 Å². The fourth-order valence-corrected chi connectivity index (χ4v) is 3.93. The summed E-state index contributed by atoms with van der Waals surface area (Å²) in [6.45, 7) is 6.92. The van der Waals surface area contributed by atoms with Gasteiger partial charge in [-0.15, -0.1) is 0 Å². The number of hydrogen-bond donors (Lipinski definition) is 2. The van der Waals surface area contributed by atoms with Crippen LogP contribution in [0.4, 0.5) is 11.4 Å². The second-order valence-corrected chi connectivity index (χ2v) is 8.09. The summed E-state index contributed by atoms with van der Waals surface area (Å²) in [6, 6.07) is 12.9. The molecule has 0 fully saturated rings. The summed E-state index contributed by atoms with van der Waals surface area (Å²) in [7, 11) is 0. The molecule has 4 rings (SSSR count). The molecule has 0 atom stereocenters. The van der Waals surface area contributed by atoms with Crippen LogP contribution in [0.5, 0.6) is 0 Å². The van der Waals surface area contributed by atoms with E-state index < -0.39 is 0 Å². The van der Waals surface area contributed by atoms with Crippen LogP contribution in [0.25, 0.3) is 11.3 Å². The molecule has 0 amide bonds. The van der Waals surface area contributed by atoms with E-state index in [1.54, 1.807) is 0 Å². The van der Waals surface area contributed by atoms with Crippen molar-refractivity contribution in [2.24, 2.45) is 5.41 Å². The Morgan fingerprint density at radius 2 is 1.96 bits per heavy atom. The molecule has 0 saturated carbocycles. The lowest BCUT2D eigenvalue weighted by Crippen LogP contribution is -2.22. The quantitative estimate of drug-likeness (QED) is 0.618. The van der Waals surface area contributed by atoms with E-state index in [2.05, 4.69) is 72.5 Å². The van der Waals surface area contributed by atoms with E-state index in [0.29, 0.717) is 5.41 Å². The second-order valence-electron chi connectivity index (χ2n) is 8.09. The van der Waals surface area contributed by atoms with Crippen LogP contribution in [0, 0.1) is 5.41 Å². The fourth-order valence-electron chi connectivity index (χ4n) is 3.93. The summed E-state index contributed by atoms with van der Waals surface area (Å²) in [5.41, 5.74) is 9.28. The smallest absolute Gasteiger partial charge is 0.0699 e. The molecule has 0 bridgehead atoms. The van der Waals surface area contributed by atoms with Crippen molar-refractivity contribution in [3.63, 3.8) is 0 Å². The Kier molecular flexibility index (Phi) is 4.31. The van der Waals surface area contributed by atoms with Gasteiger partial charge in [-0.3, -0.25) is 4.98 Å². The molecule has 1 aliphatic carbocycles. The van der Waals surface area contributed by atoms with Crippen molar-refractivity contribution in [3.8, 4) is 11.3 Å². The number of anilines is 2. The van der Waals surface area contributed by atoms with Crippen LogP contribution in [0.1, 0.15) is 44.0 Å². The van der Waals surface area contributed by atoms with E-state index in [4.69, 9.17) is 0 Å². The lowest BCUT2D eigenvalue weighted by atomic mass is 9.76. The maximum atomic E-state index is 4.18. The van der Waals surface area contributed by atoms with Gasteiger partial charge in [0.15, 0.2) is 0 Å². The number of H-pyrrole nitrogens is 1. The summed E-state index contributed by atoms with van der Waals surface area (Å²) in [5, 5.41) is 3.73. The number of pyridine rings is 1. The lowest BCUT2D eigenvalue weighted by molar-refractivity contribution is 0.313. The Morgan fingerprint density at radius 3 is 2.73 bits per heavy atom. The average Bonchev–Trinajstić information content (AvgIpc) is 2.99. The minimum atomic E-state index is 0.354. The van der Waals surface area contributed by atoms with E-state index in [1.165, 1.54) is 40.2 Å². The van der Waals surface area contributed by atoms with E-state index in [0.717, 1.165) is 24.9 Å². The average molecular weight is 345 g/mol. The molecule has 134 valence electrons. The Hall–Kier alpha value is -2.55. The van der Waals surface area contributed by atoms with Gasteiger partial charge in [0.05, 0.1) is 11.4 Å². The molecule has 0 aliphatic heterocycles. The van der Waals surface area contributed by atoms with Gasteiger partial charge in [-0.1, -0.05) is 32.9 Å². The number of nitrogens with zero attached hydrogens (tertiary/aromatic N) is 1. The molecule has 0 saturated heterocycles. The van der Waals surface area contributed by atoms with Crippen molar-refractivity contribution in [2.75, 3.05) is 5.32 Å². The highest BCUT2D eigenvalue weighted by Gasteiger charge is 2.30. The minimum Gasteiger partial charge on any atom is -0.356 e. The van der Waals surface area contributed by atoms with Crippen molar-refractivity contribution in [1.29, 1.82) is 0 Å². The van der Waals surface area contributed by atoms with Gasteiger partial charge >= 0.3 is 0 Å². The summed E-state index contributed by atoms with van der Waals surface area (Å²) in [6.07, 6.45) is 8.20. The highest BCUT2D eigenvalue weighted by molar-refractivity contribution is 5.82. The van der Waals surface area contributed by atoms with E-state index in [9.17, 15) is 0 Å². The van der Waals surface area contributed by atoms with Gasteiger partial charge in [0.2, 0.25) is 0 Å². The van der Waals surface area contributed by atoms with Crippen molar-refractivity contribution < 1.29 is 0 Å². The third kappa shape index (κ3) is 3.26. The summed E-state index contributed by atoms with van der Waals surface area (Å²) < 4.78 is 0. The summed E-state index contributed by atoms with van der Waals surface area (Å²) >= 11 is 0. The first kappa shape index (κ1) is 16.9. The zero-order chi connectivity index (χ0) is 18.1. The predicted octanol–water partition coefficient (Wildman–Crippen LogP) is 5.90. The van der Waals surface area contributed by atoms with Crippen LogP contribution in [-0.2, 0) is 19.3 Å². The third-order valence-corrected chi connectivity index (χ3v) is 5.47. The van der Waals surface area contributed by atoms with Crippen molar-refractivity contribution in [2.45, 2.75) is 46.5 Å². The lowest BCUT2D eigenvalue weighted by Gasteiger charge is -2.29. The minimum absolute atomic E-state index is 0.354. The highest BCUT2D eigenvalue weighted by atomic mass is 14.9. The van der Waals surface area contributed by atoms with Crippen molar-refractivity contribution in [3.05, 3.63) is 65.6 Å². The number of nitrogens with one attached hydrogen (secondary N) is 2. The first-order valence-corrected chi connectivity index (χ1v) is 9.56. The Morgan fingerprint density at radius 1 is 1.15 bits per heavy atom. The van der Waals surface area contributed by atoms with Crippen LogP contribution >= 0.6 is 0 Å². The van der Waals surface area contributed by atoms with Gasteiger partial charge in [0, 0.05) is 29.3 Å². The third-order valence-electron chi connectivity index (χ3n) is 5.47. The molecule has 26 heavy (non-hydrogen) atoms. The van der Waals surface area contributed by atoms with Gasteiger partial charge in [0.1, 0.15) is 0 Å². The van der Waals surface area contributed by atoms with Crippen molar-refractivity contribution in [1.82, 2.24) is 9.97 Å². The molecule has 0 radical (unpaired) electrons. The van der Waals surface area contributed by atoms with Crippen LogP contribution < -0.4 is 5.32 Å². The number of fused-ring (bicyclic) bond motifs is 1. The van der Waals surface area contributed by atoms with Gasteiger partial charge in [-0.2, -0.15) is 0 Å². The number of aromatic nitrogens is 2. The van der Waals surface area contributed by atoms with Crippen LogP contribution in [0.15, 0.2) is 48.8 Å². The SMILES string of the molecule is CCc1cccc(Nc2c(-c3ccncc3)[nH]c3c2CCC(C)(C)C3)c1. The summed E-state index contributed by atoms with van der Waals surface area (Å²) in [5.74, 6) is 0. The predicted molar refractivity (Wildman–Crippen MR) is 109 cm³/mol. The standard InChI is InChI=1S/C23H27N3/c1-4-16-6-5-7-18(14-16)25-22-19-8-11-23(2,3)15-20(19)26-21(22)17-9-12-24-13-10-17/h5-7,9-10,12-14,25-26H,4,8,11,15H2,1-3H3. The molecule has 1 aromatic carbocycles. The molecular formula is C23H27N3. The zero-order valence-corrected chi connectivity index (χ0v) is 15.9.